The number of hydrogen-bond donors (Lipinski definition) is 0. The standard InChI is InChI=1S/C27H26FN3O3S2/c1-20-18-29(12-13-31(20)36(33,34)15-11-21-6-3-2-4-7-21)26(32)25-17-23-10-14-35-27(23)30(25)19-22-8-5-9-24(28)16-22/h2-11,14-17,20H,12-13,18-19H2,1H3. The highest BCUT2D eigenvalue weighted by molar-refractivity contribution is 7.92. The summed E-state index contributed by atoms with van der Waals surface area (Å²) in [6, 6.07) is 19.1. The van der Waals surface area contributed by atoms with E-state index in [2.05, 4.69) is 0 Å². The van der Waals surface area contributed by atoms with Gasteiger partial charge in [0.05, 0.1) is 0 Å². The van der Waals surface area contributed by atoms with Gasteiger partial charge in [0.1, 0.15) is 16.3 Å². The summed E-state index contributed by atoms with van der Waals surface area (Å²) in [5, 5.41) is 4.16. The van der Waals surface area contributed by atoms with Crippen molar-refractivity contribution in [2.75, 3.05) is 19.6 Å². The first kappa shape index (κ1) is 24.4. The third-order valence-corrected chi connectivity index (χ3v) is 8.99. The van der Waals surface area contributed by atoms with Crippen LogP contribution in [-0.4, -0.2) is 53.8 Å². The van der Waals surface area contributed by atoms with Gasteiger partial charge in [0.15, 0.2) is 0 Å². The average Bonchev–Trinajstić information content (AvgIpc) is 3.45. The summed E-state index contributed by atoms with van der Waals surface area (Å²) in [4.78, 5) is 16.3. The molecule has 2 aromatic heterocycles. The topological polar surface area (TPSA) is 62.6 Å². The Bertz CT molecular complexity index is 1530. The minimum absolute atomic E-state index is 0.154. The van der Waals surface area contributed by atoms with Crippen LogP contribution in [0, 0.1) is 5.82 Å². The van der Waals surface area contributed by atoms with Gasteiger partial charge in [0.2, 0.25) is 10.0 Å². The Balaban J connectivity index is 1.34. The number of halogens is 1. The molecule has 186 valence electrons. The van der Waals surface area contributed by atoms with Crippen LogP contribution in [0.15, 0.2) is 77.5 Å². The SMILES string of the molecule is CC1CN(C(=O)c2cc3ccsc3n2Cc2cccc(F)c2)CCN1S(=O)(=O)C=Cc1ccccc1. The highest BCUT2D eigenvalue weighted by Crippen LogP contribution is 2.28. The second-order valence-electron chi connectivity index (χ2n) is 8.90. The van der Waals surface area contributed by atoms with Crippen LogP contribution in [-0.2, 0) is 16.6 Å². The maximum atomic E-state index is 13.8. The molecule has 0 bridgehead atoms. The van der Waals surface area contributed by atoms with Gasteiger partial charge in [-0.05, 0) is 53.8 Å². The van der Waals surface area contributed by atoms with Crippen molar-refractivity contribution >= 4 is 43.6 Å². The summed E-state index contributed by atoms with van der Waals surface area (Å²) in [5.41, 5.74) is 2.10. The second-order valence-corrected chi connectivity index (χ2v) is 11.6. The monoisotopic (exact) mass is 523 g/mol. The van der Waals surface area contributed by atoms with E-state index in [-0.39, 0.29) is 30.9 Å². The Kier molecular flexibility index (Phi) is 6.79. The lowest BCUT2D eigenvalue weighted by Crippen LogP contribution is -2.55. The Morgan fingerprint density at radius 1 is 1.08 bits per heavy atom. The average molecular weight is 524 g/mol. The second kappa shape index (κ2) is 10.0. The predicted octanol–water partition coefficient (Wildman–Crippen LogP) is 5.04. The van der Waals surface area contributed by atoms with Crippen molar-refractivity contribution in [1.29, 1.82) is 0 Å². The van der Waals surface area contributed by atoms with Crippen LogP contribution >= 0.6 is 11.3 Å². The fourth-order valence-corrected chi connectivity index (χ4v) is 6.89. The molecular weight excluding hydrogens is 497 g/mol. The number of fused-ring (bicyclic) bond motifs is 1. The number of rotatable bonds is 6. The van der Waals surface area contributed by atoms with Crippen LogP contribution in [0.3, 0.4) is 0 Å². The lowest BCUT2D eigenvalue weighted by atomic mass is 10.2. The summed E-state index contributed by atoms with van der Waals surface area (Å²) in [7, 11) is -3.63. The number of aromatic nitrogens is 1. The normalized spacial score (nSPS) is 17.3. The molecule has 0 aliphatic carbocycles. The molecule has 9 heteroatoms. The molecule has 4 aromatic rings. The number of piperazine rings is 1. The molecule has 2 aromatic carbocycles. The van der Waals surface area contributed by atoms with E-state index in [1.807, 2.05) is 65.4 Å². The van der Waals surface area contributed by atoms with Crippen LogP contribution in [0.1, 0.15) is 28.5 Å². The van der Waals surface area contributed by atoms with E-state index >= 15 is 0 Å². The number of benzene rings is 2. The summed E-state index contributed by atoms with van der Waals surface area (Å²) in [6.45, 7) is 2.98. The predicted molar refractivity (Wildman–Crippen MR) is 142 cm³/mol. The lowest BCUT2D eigenvalue weighted by molar-refractivity contribution is 0.0634. The number of carbonyl (C=O) groups excluding carboxylic acids is 1. The zero-order chi connectivity index (χ0) is 25.3. The summed E-state index contributed by atoms with van der Waals surface area (Å²) in [6.07, 6.45) is 1.59. The van der Waals surface area contributed by atoms with Gasteiger partial charge in [-0.15, -0.1) is 11.3 Å². The highest BCUT2D eigenvalue weighted by atomic mass is 32.2. The van der Waals surface area contributed by atoms with Gasteiger partial charge in [-0.1, -0.05) is 42.5 Å². The van der Waals surface area contributed by atoms with Gasteiger partial charge in [-0.2, -0.15) is 4.31 Å². The van der Waals surface area contributed by atoms with E-state index in [1.165, 1.54) is 33.2 Å². The smallest absolute Gasteiger partial charge is 0.270 e. The number of carbonyl (C=O) groups is 1. The van der Waals surface area contributed by atoms with Crippen LogP contribution in [0.2, 0.25) is 0 Å². The van der Waals surface area contributed by atoms with Crippen molar-refractivity contribution in [2.24, 2.45) is 0 Å². The van der Waals surface area contributed by atoms with E-state index < -0.39 is 10.0 Å². The summed E-state index contributed by atoms with van der Waals surface area (Å²) in [5.74, 6) is -0.471. The first-order chi connectivity index (χ1) is 17.3. The Morgan fingerprint density at radius 3 is 2.64 bits per heavy atom. The van der Waals surface area contributed by atoms with E-state index in [4.69, 9.17) is 0 Å². The molecule has 3 heterocycles. The quantitative estimate of drug-likeness (QED) is 0.356. The fourth-order valence-electron chi connectivity index (χ4n) is 4.60. The van der Waals surface area contributed by atoms with E-state index in [9.17, 15) is 17.6 Å². The Morgan fingerprint density at radius 2 is 1.89 bits per heavy atom. The van der Waals surface area contributed by atoms with Crippen LogP contribution in [0.5, 0.6) is 0 Å². The minimum Gasteiger partial charge on any atom is -0.334 e. The largest absolute Gasteiger partial charge is 0.334 e. The molecule has 0 spiro atoms. The molecule has 1 amide bonds. The molecule has 5 rings (SSSR count). The van der Waals surface area contributed by atoms with Crippen LogP contribution in [0.4, 0.5) is 4.39 Å². The van der Waals surface area contributed by atoms with Crippen molar-refractivity contribution in [3.8, 4) is 0 Å². The molecule has 1 aliphatic heterocycles. The molecule has 0 saturated carbocycles. The number of sulfonamides is 1. The molecule has 1 fully saturated rings. The third kappa shape index (κ3) is 5.00. The Hall–Kier alpha value is -3.27. The number of thiophene rings is 1. The van der Waals surface area contributed by atoms with E-state index in [0.29, 0.717) is 18.8 Å². The zero-order valence-corrected chi connectivity index (χ0v) is 21.4. The first-order valence-corrected chi connectivity index (χ1v) is 14.1. The minimum atomic E-state index is -3.63. The fraction of sp³-hybridized carbons (Fsp3) is 0.222. The summed E-state index contributed by atoms with van der Waals surface area (Å²) < 4.78 is 43.1. The molecule has 6 nitrogen and oxygen atoms in total. The van der Waals surface area contributed by atoms with E-state index in [1.54, 1.807) is 17.0 Å². The van der Waals surface area contributed by atoms with Gasteiger partial charge in [-0.25, -0.2) is 12.8 Å². The maximum Gasteiger partial charge on any atom is 0.270 e. The maximum absolute atomic E-state index is 13.8. The lowest BCUT2D eigenvalue weighted by Gasteiger charge is -2.38. The molecule has 1 saturated heterocycles. The van der Waals surface area contributed by atoms with Crippen molar-refractivity contribution < 1.29 is 17.6 Å². The first-order valence-electron chi connectivity index (χ1n) is 11.7. The number of hydrogen-bond acceptors (Lipinski definition) is 4. The Labute approximate surface area is 213 Å². The highest BCUT2D eigenvalue weighted by Gasteiger charge is 2.34. The van der Waals surface area contributed by atoms with Gasteiger partial charge >= 0.3 is 0 Å². The van der Waals surface area contributed by atoms with Gasteiger partial charge in [-0.3, -0.25) is 4.79 Å². The molecule has 1 aliphatic rings. The molecule has 1 unspecified atom stereocenters. The van der Waals surface area contributed by atoms with Crippen molar-refractivity contribution in [1.82, 2.24) is 13.8 Å². The molecule has 36 heavy (non-hydrogen) atoms. The molecule has 0 radical (unpaired) electrons. The van der Waals surface area contributed by atoms with E-state index in [0.717, 1.165) is 21.3 Å². The van der Waals surface area contributed by atoms with Gasteiger partial charge < -0.3 is 9.47 Å². The van der Waals surface area contributed by atoms with Crippen molar-refractivity contribution in [3.05, 3.63) is 100 Å². The van der Waals surface area contributed by atoms with Crippen LogP contribution in [0.25, 0.3) is 16.3 Å². The van der Waals surface area contributed by atoms with Gasteiger partial charge in [0, 0.05) is 43.0 Å². The van der Waals surface area contributed by atoms with Crippen molar-refractivity contribution in [2.45, 2.75) is 19.5 Å². The van der Waals surface area contributed by atoms with Crippen molar-refractivity contribution in [3.63, 3.8) is 0 Å². The van der Waals surface area contributed by atoms with Crippen LogP contribution < -0.4 is 0 Å². The van der Waals surface area contributed by atoms with Gasteiger partial charge in [0.25, 0.3) is 5.91 Å². The number of amides is 1. The third-order valence-electron chi connectivity index (χ3n) is 6.36. The summed E-state index contributed by atoms with van der Waals surface area (Å²) >= 11 is 1.53. The molecule has 1 atom stereocenters. The molecular formula is C27H26FN3O3S2. The number of nitrogens with zero attached hydrogens (tertiary/aromatic N) is 3. The molecule has 0 N–H and O–H groups in total. The zero-order valence-electron chi connectivity index (χ0n) is 19.7.